The Kier molecular flexibility index (Phi) is 5.03. The SMILES string of the molecule is CNCC(Oc1ccc(F)cc1Cl)C(C)C. The summed E-state index contributed by atoms with van der Waals surface area (Å²) in [5.74, 6) is 0.526. The Morgan fingerprint density at radius 3 is 2.62 bits per heavy atom. The van der Waals surface area contributed by atoms with Crippen LogP contribution in [0.2, 0.25) is 5.02 Å². The molecular formula is C12H17ClFNO. The van der Waals surface area contributed by atoms with Crippen molar-refractivity contribution < 1.29 is 9.13 Å². The molecule has 0 bridgehead atoms. The first-order chi connectivity index (χ1) is 7.54. The first-order valence-corrected chi connectivity index (χ1v) is 5.68. The Hall–Kier alpha value is -0.800. The van der Waals surface area contributed by atoms with Gasteiger partial charge in [-0.2, -0.15) is 0 Å². The highest BCUT2D eigenvalue weighted by Gasteiger charge is 2.15. The summed E-state index contributed by atoms with van der Waals surface area (Å²) in [7, 11) is 1.87. The van der Waals surface area contributed by atoms with Gasteiger partial charge in [0.15, 0.2) is 0 Å². The lowest BCUT2D eigenvalue weighted by Crippen LogP contribution is -2.33. The molecule has 1 unspecified atom stereocenters. The van der Waals surface area contributed by atoms with Crippen molar-refractivity contribution in [1.82, 2.24) is 5.32 Å². The van der Waals surface area contributed by atoms with E-state index in [-0.39, 0.29) is 11.9 Å². The van der Waals surface area contributed by atoms with E-state index in [1.807, 2.05) is 7.05 Å². The summed E-state index contributed by atoms with van der Waals surface area (Å²) in [5.41, 5.74) is 0. The van der Waals surface area contributed by atoms with Crippen LogP contribution in [0.4, 0.5) is 4.39 Å². The van der Waals surface area contributed by atoms with Gasteiger partial charge in [-0.3, -0.25) is 0 Å². The number of nitrogens with one attached hydrogen (secondary N) is 1. The Labute approximate surface area is 101 Å². The predicted octanol–water partition coefficient (Wildman–Crippen LogP) is 3.10. The van der Waals surface area contributed by atoms with Gasteiger partial charge in [0, 0.05) is 6.54 Å². The number of likely N-dealkylation sites (N-methyl/N-ethyl adjacent to an activating group) is 1. The van der Waals surface area contributed by atoms with Crippen molar-refractivity contribution in [2.75, 3.05) is 13.6 Å². The molecule has 1 aromatic carbocycles. The van der Waals surface area contributed by atoms with Crippen LogP contribution in [0.5, 0.6) is 5.75 Å². The molecule has 0 aromatic heterocycles. The molecule has 1 N–H and O–H groups in total. The Bertz CT molecular complexity index is 344. The molecule has 0 aliphatic heterocycles. The molecule has 0 fully saturated rings. The molecule has 0 radical (unpaired) electrons. The van der Waals surface area contributed by atoms with Crippen LogP contribution in [0, 0.1) is 11.7 Å². The normalized spacial score (nSPS) is 12.9. The predicted molar refractivity (Wildman–Crippen MR) is 64.6 cm³/mol. The highest BCUT2D eigenvalue weighted by molar-refractivity contribution is 6.32. The third-order valence-electron chi connectivity index (χ3n) is 2.32. The second-order valence-corrected chi connectivity index (χ2v) is 4.44. The van der Waals surface area contributed by atoms with Gasteiger partial charge >= 0.3 is 0 Å². The largest absolute Gasteiger partial charge is 0.487 e. The van der Waals surface area contributed by atoms with Gasteiger partial charge in [0.05, 0.1) is 5.02 Å². The summed E-state index contributed by atoms with van der Waals surface area (Å²) >= 11 is 5.89. The highest BCUT2D eigenvalue weighted by atomic mass is 35.5. The number of hydrogen-bond donors (Lipinski definition) is 1. The summed E-state index contributed by atoms with van der Waals surface area (Å²) in [6, 6.07) is 4.16. The lowest BCUT2D eigenvalue weighted by atomic mass is 10.1. The minimum absolute atomic E-state index is 0.0213. The average molecular weight is 246 g/mol. The van der Waals surface area contributed by atoms with Crippen LogP contribution < -0.4 is 10.1 Å². The first kappa shape index (κ1) is 13.3. The fourth-order valence-corrected chi connectivity index (χ4v) is 1.56. The van der Waals surface area contributed by atoms with Gasteiger partial charge in [0.25, 0.3) is 0 Å². The molecule has 1 aromatic rings. The highest BCUT2D eigenvalue weighted by Crippen LogP contribution is 2.26. The van der Waals surface area contributed by atoms with E-state index in [1.165, 1.54) is 12.1 Å². The minimum atomic E-state index is -0.355. The second-order valence-electron chi connectivity index (χ2n) is 4.03. The van der Waals surface area contributed by atoms with Crippen LogP contribution in [-0.2, 0) is 0 Å². The third kappa shape index (κ3) is 3.65. The number of ether oxygens (including phenoxy) is 1. The van der Waals surface area contributed by atoms with E-state index in [2.05, 4.69) is 19.2 Å². The van der Waals surface area contributed by atoms with Crippen molar-refractivity contribution in [3.8, 4) is 5.75 Å². The zero-order valence-corrected chi connectivity index (χ0v) is 10.5. The van der Waals surface area contributed by atoms with E-state index >= 15 is 0 Å². The molecule has 0 amide bonds. The standard InChI is InChI=1S/C12H17ClFNO/c1-8(2)12(7-15-3)16-11-5-4-9(14)6-10(11)13/h4-6,8,12,15H,7H2,1-3H3. The summed E-state index contributed by atoms with van der Waals surface area (Å²) < 4.78 is 18.6. The smallest absolute Gasteiger partial charge is 0.138 e. The van der Waals surface area contributed by atoms with E-state index in [0.29, 0.717) is 16.7 Å². The molecule has 4 heteroatoms. The van der Waals surface area contributed by atoms with E-state index in [9.17, 15) is 4.39 Å². The summed E-state index contributed by atoms with van der Waals surface area (Å²) in [6.07, 6.45) is 0.0213. The molecule has 0 spiro atoms. The lowest BCUT2D eigenvalue weighted by molar-refractivity contribution is 0.151. The second kappa shape index (κ2) is 6.06. The Morgan fingerprint density at radius 2 is 2.12 bits per heavy atom. The molecular weight excluding hydrogens is 229 g/mol. The monoisotopic (exact) mass is 245 g/mol. The number of rotatable bonds is 5. The van der Waals surface area contributed by atoms with Gasteiger partial charge in [0.1, 0.15) is 17.7 Å². The molecule has 90 valence electrons. The molecule has 0 aliphatic rings. The fraction of sp³-hybridized carbons (Fsp3) is 0.500. The van der Waals surface area contributed by atoms with Gasteiger partial charge in [-0.25, -0.2) is 4.39 Å². The van der Waals surface area contributed by atoms with Gasteiger partial charge < -0.3 is 10.1 Å². The van der Waals surface area contributed by atoms with Crippen molar-refractivity contribution in [1.29, 1.82) is 0 Å². The lowest BCUT2D eigenvalue weighted by Gasteiger charge is -2.22. The van der Waals surface area contributed by atoms with Gasteiger partial charge in [-0.1, -0.05) is 25.4 Å². The molecule has 0 heterocycles. The molecule has 1 atom stereocenters. The van der Waals surface area contributed by atoms with Gasteiger partial charge in [-0.15, -0.1) is 0 Å². The summed E-state index contributed by atoms with van der Waals surface area (Å²) in [6.45, 7) is 4.87. The van der Waals surface area contributed by atoms with E-state index in [0.717, 1.165) is 6.54 Å². The number of hydrogen-bond acceptors (Lipinski definition) is 2. The van der Waals surface area contributed by atoms with Crippen molar-refractivity contribution in [2.45, 2.75) is 20.0 Å². The number of benzene rings is 1. The van der Waals surface area contributed by atoms with E-state index < -0.39 is 0 Å². The fourth-order valence-electron chi connectivity index (χ4n) is 1.35. The number of halogens is 2. The van der Waals surface area contributed by atoms with Crippen LogP contribution in [0.1, 0.15) is 13.8 Å². The van der Waals surface area contributed by atoms with Crippen molar-refractivity contribution in [3.63, 3.8) is 0 Å². The van der Waals surface area contributed by atoms with Crippen LogP contribution in [0.25, 0.3) is 0 Å². The molecule has 16 heavy (non-hydrogen) atoms. The first-order valence-electron chi connectivity index (χ1n) is 5.31. The van der Waals surface area contributed by atoms with Crippen molar-refractivity contribution in [3.05, 3.63) is 29.0 Å². The molecule has 0 saturated carbocycles. The Morgan fingerprint density at radius 1 is 1.44 bits per heavy atom. The molecule has 2 nitrogen and oxygen atoms in total. The summed E-state index contributed by atoms with van der Waals surface area (Å²) in [5, 5.41) is 3.37. The molecule has 0 aliphatic carbocycles. The van der Waals surface area contributed by atoms with E-state index in [4.69, 9.17) is 16.3 Å². The average Bonchev–Trinajstić information content (AvgIpc) is 2.20. The Balaban J connectivity index is 2.77. The molecule has 1 rings (SSSR count). The zero-order valence-electron chi connectivity index (χ0n) is 9.76. The van der Waals surface area contributed by atoms with Gasteiger partial charge in [-0.05, 0) is 31.2 Å². The zero-order chi connectivity index (χ0) is 12.1. The van der Waals surface area contributed by atoms with Gasteiger partial charge in [0.2, 0.25) is 0 Å². The van der Waals surface area contributed by atoms with Crippen LogP contribution >= 0.6 is 11.6 Å². The quantitative estimate of drug-likeness (QED) is 0.861. The van der Waals surface area contributed by atoms with Crippen LogP contribution in [0.15, 0.2) is 18.2 Å². The van der Waals surface area contributed by atoms with Crippen LogP contribution in [0.3, 0.4) is 0 Å². The topological polar surface area (TPSA) is 21.3 Å². The molecule has 0 saturated heterocycles. The van der Waals surface area contributed by atoms with Crippen molar-refractivity contribution in [2.24, 2.45) is 5.92 Å². The van der Waals surface area contributed by atoms with Crippen LogP contribution in [-0.4, -0.2) is 19.7 Å². The maximum Gasteiger partial charge on any atom is 0.138 e. The summed E-state index contributed by atoms with van der Waals surface area (Å²) in [4.78, 5) is 0. The van der Waals surface area contributed by atoms with E-state index in [1.54, 1.807) is 6.07 Å². The minimum Gasteiger partial charge on any atom is -0.487 e. The third-order valence-corrected chi connectivity index (χ3v) is 2.62. The maximum absolute atomic E-state index is 12.8. The van der Waals surface area contributed by atoms with Crippen molar-refractivity contribution >= 4 is 11.6 Å². The maximum atomic E-state index is 12.8.